The van der Waals surface area contributed by atoms with E-state index in [0.717, 1.165) is 14.2 Å². The number of aromatic nitrogens is 2. The minimum Gasteiger partial charge on any atom is -0.234 e. The van der Waals surface area contributed by atoms with Crippen LogP contribution in [0.3, 0.4) is 0 Å². The Morgan fingerprint density at radius 2 is 2.11 bits per heavy atom. The highest BCUT2D eigenvalue weighted by atomic mass is 79.9. The summed E-state index contributed by atoms with van der Waals surface area (Å²) in [6.45, 7) is 7.60. The van der Waals surface area contributed by atoms with Crippen molar-refractivity contribution in [2.45, 2.75) is 32.4 Å². The van der Waals surface area contributed by atoms with Gasteiger partial charge in [-0.15, -0.1) is 11.3 Å². The molecule has 4 nitrogen and oxygen atoms in total. The van der Waals surface area contributed by atoms with Gasteiger partial charge >= 0.3 is 0 Å². The summed E-state index contributed by atoms with van der Waals surface area (Å²) in [4.78, 5) is 8.76. The van der Waals surface area contributed by atoms with Crippen molar-refractivity contribution in [3.05, 3.63) is 21.2 Å². The Labute approximate surface area is 127 Å². The number of pyridine rings is 1. The zero-order valence-corrected chi connectivity index (χ0v) is 14.3. The fraction of sp³-hybridized carbons (Fsp3) is 0.417. The van der Waals surface area contributed by atoms with Crippen molar-refractivity contribution >= 4 is 54.8 Å². The van der Waals surface area contributed by atoms with E-state index >= 15 is 0 Å². The minimum absolute atomic E-state index is 0.371. The Morgan fingerprint density at radius 1 is 1.42 bits per heavy atom. The van der Waals surface area contributed by atoms with Crippen molar-refractivity contribution in [1.82, 2.24) is 9.97 Å². The van der Waals surface area contributed by atoms with Gasteiger partial charge in [-0.3, -0.25) is 0 Å². The molecule has 0 amide bonds. The van der Waals surface area contributed by atoms with Gasteiger partial charge in [-0.1, -0.05) is 0 Å². The normalized spacial score (nSPS) is 14.4. The van der Waals surface area contributed by atoms with Crippen LogP contribution in [0.1, 0.15) is 31.5 Å². The molecule has 0 fully saturated rings. The predicted octanol–water partition coefficient (Wildman–Crippen LogP) is 3.64. The molecule has 2 aromatic heterocycles. The third-order valence-electron chi connectivity index (χ3n) is 2.26. The van der Waals surface area contributed by atoms with Crippen LogP contribution in [-0.4, -0.2) is 25.1 Å². The van der Waals surface area contributed by atoms with Gasteiger partial charge in [0.2, 0.25) is 0 Å². The monoisotopic (exact) mass is 359 g/mol. The highest BCUT2D eigenvalue weighted by Gasteiger charge is 2.18. The molecule has 0 spiro atoms. The molecular formula is C12H14BrN3OS2. The Bertz CT molecular complexity index is 673. The number of halogens is 1. The van der Waals surface area contributed by atoms with Gasteiger partial charge in [-0.2, -0.15) is 4.40 Å². The van der Waals surface area contributed by atoms with Crippen molar-refractivity contribution in [1.29, 1.82) is 0 Å². The van der Waals surface area contributed by atoms with Gasteiger partial charge in [0.1, 0.15) is 11.0 Å². The first-order valence-corrected chi connectivity index (χ1v) is 8.39. The molecule has 2 heterocycles. The highest BCUT2D eigenvalue weighted by molar-refractivity contribution is 9.10. The third-order valence-corrected chi connectivity index (χ3v) is 5.15. The van der Waals surface area contributed by atoms with Crippen LogP contribution in [0.2, 0.25) is 0 Å². The molecule has 0 saturated carbocycles. The lowest BCUT2D eigenvalue weighted by molar-refractivity contribution is 0.651. The Balaban J connectivity index is 2.37. The maximum atomic E-state index is 11.9. The number of hydrogen-bond donors (Lipinski definition) is 0. The van der Waals surface area contributed by atoms with Crippen LogP contribution in [0.5, 0.6) is 0 Å². The Morgan fingerprint density at radius 3 is 2.74 bits per heavy atom. The van der Waals surface area contributed by atoms with E-state index in [0.29, 0.717) is 11.3 Å². The molecule has 0 saturated heterocycles. The average molecular weight is 360 g/mol. The summed E-state index contributed by atoms with van der Waals surface area (Å²) >= 11 is 5.05. The summed E-state index contributed by atoms with van der Waals surface area (Å²) in [5.74, 6) is 0. The molecule has 0 aliphatic heterocycles. The van der Waals surface area contributed by atoms with Crippen LogP contribution < -0.4 is 0 Å². The van der Waals surface area contributed by atoms with Crippen LogP contribution in [0, 0.1) is 6.92 Å². The lowest BCUT2D eigenvalue weighted by Crippen LogP contribution is -2.19. The largest absolute Gasteiger partial charge is 0.234 e. The van der Waals surface area contributed by atoms with Crippen LogP contribution >= 0.6 is 27.3 Å². The summed E-state index contributed by atoms with van der Waals surface area (Å²) in [6.07, 6.45) is 1.54. The van der Waals surface area contributed by atoms with E-state index in [1.54, 1.807) is 17.6 Å². The highest BCUT2D eigenvalue weighted by Crippen LogP contribution is 2.25. The van der Waals surface area contributed by atoms with E-state index < -0.39 is 11.0 Å². The fourth-order valence-electron chi connectivity index (χ4n) is 1.31. The number of rotatable bonds is 2. The quantitative estimate of drug-likeness (QED) is 0.769. The molecule has 0 aliphatic rings. The molecule has 19 heavy (non-hydrogen) atoms. The molecule has 0 aliphatic carbocycles. The molecular weight excluding hydrogens is 346 g/mol. The second kappa shape index (κ2) is 5.38. The van der Waals surface area contributed by atoms with E-state index in [2.05, 4.69) is 30.3 Å². The smallest absolute Gasteiger partial charge is 0.171 e. The molecule has 7 heteroatoms. The predicted molar refractivity (Wildman–Crippen MR) is 85.3 cm³/mol. The SMILES string of the molecule is Cc1nc2nc(/C=N/S(=O)C(C)(C)C)c(Br)cc2s1. The lowest BCUT2D eigenvalue weighted by atomic mass is 10.3. The zero-order chi connectivity index (χ0) is 14.2. The van der Waals surface area contributed by atoms with E-state index in [9.17, 15) is 4.21 Å². The first-order chi connectivity index (χ1) is 8.77. The Kier molecular flexibility index (Phi) is 4.17. The molecule has 0 N–H and O–H groups in total. The number of hydrogen-bond acceptors (Lipinski definition) is 4. The maximum Gasteiger partial charge on any atom is 0.171 e. The van der Waals surface area contributed by atoms with Gasteiger partial charge in [0, 0.05) is 4.47 Å². The van der Waals surface area contributed by atoms with Gasteiger partial charge in [0.15, 0.2) is 5.65 Å². The van der Waals surface area contributed by atoms with Crippen molar-refractivity contribution in [3.8, 4) is 0 Å². The third kappa shape index (κ3) is 3.46. The first kappa shape index (κ1) is 14.7. The molecule has 0 bridgehead atoms. The summed E-state index contributed by atoms with van der Waals surface area (Å²) in [6, 6.07) is 1.97. The Hall–Kier alpha value is -0.660. The van der Waals surface area contributed by atoms with Gasteiger partial charge in [0.25, 0.3) is 0 Å². The first-order valence-electron chi connectivity index (χ1n) is 5.67. The molecule has 102 valence electrons. The van der Waals surface area contributed by atoms with Crippen LogP contribution in [0.25, 0.3) is 10.3 Å². The number of nitrogens with zero attached hydrogens (tertiary/aromatic N) is 3. The lowest BCUT2D eigenvalue weighted by Gasteiger charge is -2.12. The van der Waals surface area contributed by atoms with Crippen LogP contribution in [-0.2, 0) is 11.0 Å². The summed E-state index contributed by atoms with van der Waals surface area (Å²) in [5.41, 5.74) is 1.35. The van der Waals surface area contributed by atoms with Crippen molar-refractivity contribution in [2.75, 3.05) is 0 Å². The molecule has 2 aromatic rings. The van der Waals surface area contributed by atoms with Gasteiger partial charge in [-0.25, -0.2) is 14.2 Å². The van der Waals surface area contributed by atoms with Crippen LogP contribution in [0.15, 0.2) is 14.9 Å². The summed E-state index contributed by atoms with van der Waals surface area (Å²) < 4.78 is 17.4. The van der Waals surface area contributed by atoms with Crippen molar-refractivity contribution in [3.63, 3.8) is 0 Å². The standard InChI is InChI=1S/C12H14BrN3OS2/c1-7-15-11-10(18-7)5-8(13)9(16-11)6-14-19(17)12(2,3)4/h5-6H,1-4H3/b14-6+. The van der Waals surface area contributed by atoms with E-state index in [1.165, 1.54) is 0 Å². The molecule has 0 radical (unpaired) electrons. The van der Waals surface area contributed by atoms with E-state index in [4.69, 9.17) is 0 Å². The molecule has 1 atom stereocenters. The van der Waals surface area contributed by atoms with E-state index in [1.807, 2.05) is 33.8 Å². The maximum absolute atomic E-state index is 11.9. The van der Waals surface area contributed by atoms with Crippen LogP contribution in [0.4, 0.5) is 0 Å². The number of fused-ring (bicyclic) bond motifs is 1. The fourth-order valence-corrected chi connectivity index (χ4v) is 3.20. The molecule has 2 rings (SSSR count). The number of thiazole rings is 1. The van der Waals surface area contributed by atoms with Gasteiger partial charge in [-0.05, 0) is 49.7 Å². The molecule has 1 unspecified atom stereocenters. The summed E-state index contributed by atoms with van der Waals surface area (Å²) in [7, 11) is -1.28. The van der Waals surface area contributed by atoms with Crippen molar-refractivity contribution in [2.24, 2.45) is 4.40 Å². The summed E-state index contributed by atoms with van der Waals surface area (Å²) in [5, 5.41) is 0.974. The van der Waals surface area contributed by atoms with Gasteiger partial charge in [0.05, 0.1) is 26.4 Å². The van der Waals surface area contributed by atoms with E-state index in [-0.39, 0.29) is 4.75 Å². The second-order valence-electron chi connectivity index (χ2n) is 5.01. The van der Waals surface area contributed by atoms with Gasteiger partial charge < -0.3 is 0 Å². The minimum atomic E-state index is -1.28. The topological polar surface area (TPSA) is 55.2 Å². The average Bonchev–Trinajstić information content (AvgIpc) is 2.63. The second-order valence-corrected chi connectivity index (χ2v) is 9.03. The van der Waals surface area contributed by atoms with Crippen molar-refractivity contribution < 1.29 is 4.21 Å². The zero-order valence-electron chi connectivity index (χ0n) is 11.1. The molecule has 0 aromatic carbocycles. The number of aryl methyl sites for hydroxylation is 1.